The van der Waals surface area contributed by atoms with Crippen LogP contribution in [-0.2, 0) is 17.8 Å². The van der Waals surface area contributed by atoms with Crippen molar-refractivity contribution < 1.29 is 4.79 Å². The smallest absolute Gasteiger partial charge is 0.241 e. The number of amides is 1. The van der Waals surface area contributed by atoms with Crippen LogP contribution in [0.3, 0.4) is 0 Å². The minimum atomic E-state index is -0.295. The average molecular weight is 356 g/mol. The number of nitrogens with zero attached hydrogens (tertiary/aromatic N) is 1. The fourth-order valence-electron chi connectivity index (χ4n) is 2.17. The fourth-order valence-corrected chi connectivity index (χ4v) is 2.71. The van der Waals surface area contributed by atoms with Gasteiger partial charge in [0.15, 0.2) is 0 Å². The molecular formula is C13H12BrClN4O. The Hall–Kier alpha value is -1.37. The molecule has 0 radical (unpaired) electrons. The lowest BCUT2D eigenvalue weighted by Gasteiger charge is -2.22. The molecule has 1 atom stereocenters. The van der Waals surface area contributed by atoms with Crippen molar-refractivity contribution in [2.45, 2.75) is 19.0 Å². The van der Waals surface area contributed by atoms with E-state index in [9.17, 15) is 4.79 Å². The number of hydrogen-bond acceptors (Lipinski definition) is 3. The van der Waals surface area contributed by atoms with Gasteiger partial charge in [0.25, 0.3) is 0 Å². The Morgan fingerprint density at radius 2 is 2.35 bits per heavy atom. The van der Waals surface area contributed by atoms with Crippen molar-refractivity contribution in [1.29, 1.82) is 0 Å². The molecule has 1 aliphatic heterocycles. The zero-order valence-electron chi connectivity index (χ0n) is 10.4. The molecular weight excluding hydrogens is 344 g/mol. The van der Waals surface area contributed by atoms with Crippen LogP contribution in [0.4, 0.5) is 5.69 Å². The Balaban J connectivity index is 1.73. The number of aromatic amines is 1. The van der Waals surface area contributed by atoms with E-state index in [-0.39, 0.29) is 11.9 Å². The molecule has 0 saturated heterocycles. The lowest BCUT2D eigenvalue weighted by atomic mass is 10.0. The molecule has 0 fully saturated rings. The van der Waals surface area contributed by atoms with Crippen LogP contribution >= 0.6 is 27.5 Å². The number of carbonyl (C=O) groups excluding carboxylic acids is 1. The monoisotopic (exact) mass is 354 g/mol. The molecule has 1 amide bonds. The number of hydrogen-bond donors (Lipinski definition) is 3. The van der Waals surface area contributed by atoms with Crippen LogP contribution in [0.1, 0.15) is 11.4 Å². The summed E-state index contributed by atoms with van der Waals surface area (Å²) in [7, 11) is 0. The van der Waals surface area contributed by atoms with Crippen LogP contribution in [0.5, 0.6) is 0 Å². The van der Waals surface area contributed by atoms with Crippen molar-refractivity contribution in [3.05, 3.63) is 45.4 Å². The number of nitrogens with one attached hydrogen (secondary N) is 3. The highest BCUT2D eigenvalue weighted by molar-refractivity contribution is 9.10. The molecule has 3 rings (SSSR count). The molecule has 0 saturated carbocycles. The number of fused-ring (bicyclic) bond motifs is 1. The number of carbonyl (C=O) groups is 1. The third-order valence-corrected chi connectivity index (χ3v) is 4.65. The SMILES string of the molecule is O=C(Nc1cccc(Cl)c1Br)C1Cc2nc[nH]c2CN1. The first-order valence-corrected chi connectivity index (χ1v) is 7.31. The Morgan fingerprint density at radius 3 is 3.20 bits per heavy atom. The van der Waals surface area contributed by atoms with Crippen molar-refractivity contribution in [3.63, 3.8) is 0 Å². The molecule has 7 heteroatoms. The summed E-state index contributed by atoms with van der Waals surface area (Å²) in [5.41, 5.74) is 2.64. The first kappa shape index (κ1) is 13.6. The summed E-state index contributed by atoms with van der Waals surface area (Å²) in [4.78, 5) is 19.6. The van der Waals surface area contributed by atoms with E-state index in [1.807, 2.05) is 0 Å². The van der Waals surface area contributed by atoms with Gasteiger partial charge in [0.05, 0.1) is 38.9 Å². The molecule has 0 aliphatic carbocycles. The second kappa shape index (κ2) is 5.55. The summed E-state index contributed by atoms with van der Waals surface area (Å²) in [5, 5.41) is 6.62. The van der Waals surface area contributed by atoms with Crippen molar-refractivity contribution in [2.75, 3.05) is 5.32 Å². The van der Waals surface area contributed by atoms with E-state index in [4.69, 9.17) is 11.6 Å². The number of anilines is 1. The van der Waals surface area contributed by atoms with E-state index >= 15 is 0 Å². The summed E-state index contributed by atoms with van der Waals surface area (Å²) in [6, 6.07) is 5.06. The molecule has 1 aromatic heterocycles. The van der Waals surface area contributed by atoms with Crippen LogP contribution < -0.4 is 10.6 Å². The third-order valence-electron chi connectivity index (χ3n) is 3.26. The van der Waals surface area contributed by atoms with Crippen molar-refractivity contribution >= 4 is 39.1 Å². The highest BCUT2D eigenvalue weighted by Crippen LogP contribution is 2.30. The maximum atomic E-state index is 12.3. The normalized spacial score (nSPS) is 17.6. The largest absolute Gasteiger partial charge is 0.347 e. The van der Waals surface area contributed by atoms with E-state index in [2.05, 4.69) is 36.5 Å². The summed E-state index contributed by atoms with van der Waals surface area (Å²) >= 11 is 9.38. The first-order valence-electron chi connectivity index (χ1n) is 6.14. The predicted octanol–water partition coefficient (Wildman–Crippen LogP) is 2.48. The van der Waals surface area contributed by atoms with E-state index in [1.54, 1.807) is 24.5 Å². The predicted molar refractivity (Wildman–Crippen MR) is 80.7 cm³/mol. The molecule has 2 heterocycles. The minimum Gasteiger partial charge on any atom is -0.347 e. The van der Waals surface area contributed by atoms with Crippen LogP contribution in [0.25, 0.3) is 0 Å². The van der Waals surface area contributed by atoms with Gasteiger partial charge in [-0.05, 0) is 28.1 Å². The van der Waals surface area contributed by atoms with Gasteiger partial charge in [-0.1, -0.05) is 17.7 Å². The zero-order valence-corrected chi connectivity index (χ0v) is 12.8. The summed E-state index contributed by atoms with van der Waals surface area (Å²) in [6.07, 6.45) is 2.23. The molecule has 1 aromatic carbocycles. The van der Waals surface area contributed by atoms with Crippen LogP contribution in [-0.4, -0.2) is 21.9 Å². The van der Waals surface area contributed by atoms with Gasteiger partial charge < -0.3 is 10.3 Å². The van der Waals surface area contributed by atoms with Gasteiger partial charge in [-0.2, -0.15) is 0 Å². The van der Waals surface area contributed by atoms with Crippen LogP contribution in [0.15, 0.2) is 29.0 Å². The quantitative estimate of drug-likeness (QED) is 0.775. The Kier molecular flexibility index (Phi) is 3.78. The van der Waals surface area contributed by atoms with E-state index in [0.29, 0.717) is 28.1 Å². The van der Waals surface area contributed by atoms with Gasteiger partial charge in [0.1, 0.15) is 0 Å². The molecule has 1 aliphatic rings. The van der Waals surface area contributed by atoms with Gasteiger partial charge in [0, 0.05) is 13.0 Å². The molecule has 3 N–H and O–H groups in total. The van der Waals surface area contributed by atoms with Crippen molar-refractivity contribution in [2.24, 2.45) is 0 Å². The number of H-pyrrole nitrogens is 1. The standard InChI is InChI=1S/C13H12BrClN4O/c14-12-7(15)2-1-3-8(12)19-13(20)10-4-9-11(5-16-10)18-6-17-9/h1-3,6,10,16H,4-5H2,(H,17,18)(H,19,20). The molecule has 104 valence electrons. The first-order chi connectivity index (χ1) is 9.65. The minimum absolute atomic E-state index is 0.0957. The average Bonchev–Trinajstić information content (AvgIpc) is 2.91. The van der Waals surface area contributed by atoms with E-state index in [0.717, 1.165) is 11.4 Å². The fraction of sp³-hybridized carbons (Fsp3) is 0.231. The van der Waals surface area contributed by atoms with Gasteiger partial charge in [0.2, 0.25) is 5.91 Å². The summed E-state index contributed by atoms with van der Waals surface area (Å²) in [5.74, 6) is -0.0957. The van der Waals surface area contributed by atoms with Crippen LogP contribution in [0.2, 0.25) is 5.02 Å². The molecule has 2 aromatic rings. The second-order valence-electron chi connectivity index (χ2n) is 4.56. The molecule has 1 unspecified atom stereocenters. The van der Waals surface area contributed by atoms with E-state index in [1.165, 1.54) is 0 Å². The lowest BCUT2D eigenvalue weighted by molar-refractivity contribution is -0.118. The number of benzene rings is 1. The maximum Gasteiger partial charge on any atom is 0.241 e. The van der Waals surface area contributed by atoms with E-state index < -0.39 is 0 Å². The number of aromatic nitrogens is 2. The topological polar surface area (TPSA) is 69.8 Å². The zero-order chi connectivity index (χ0) is 14.1. The highest BCUT2D eigenvalue weighted by atomic mass is 79.9. The number of halogens is 2. The molecule has 20 heavy (non-hydrogen) atoms. The van der Waals surface area contributed by atoms with Gasteiger partial charge in [-0.3, -0.25) is 10.1 Å². The maximum absolute atomic E-state index is 12.3. The Labute approximate surface area is 129 Å². The van der Waals surface area contributed by atoms with Gasteiger partial charge in [-0.15, -0.1) is 0 Å². The van der Waals surface area contributed by atoms with Crippen LogP contribution in [0, 0.1) is 0 Å². The number of imidazole rings is 1. The van der Waals surface area contributed by atoms with Gasteiger partial charge >= 0.3 is 0 Å². The molecule has 5 nitrogen and oxygen atoms in total. The lowest BCUT2D eigenvalue weighted by Crippen LogP contribution is -2.44. The Bertz CT molecular complexity index is 658. The van der Waals surface area contributed by atoms with Crippen molar-refractivity contribution in [1.82, 2.24) is 15.3 Å². The van der Waals surface area contributed by atoms with Gasteiger partial charge in [-0.25, -0.2) is 4.98 Å². The highest BCUT2D eigenvalue weighted by Gasteiger charge is 2.26. The number of rotatable bonds is 2. The Morgan fingerprint density at radius 1 is 1.50 bits per heavy atom. The molecule has 0 spiro atoms. The van der Waals surface area contributed by atoms with Crippen molar-refractivity contribution in [3.8, 4) is 0 Å². The summed E-state index contributed by atoms with van der Waals surface area (Å²) < 4.78 is 0.686. The summed E-state index contributed by atoms with van der Waals surface area (Å²) in [6.45, 7) is 0.615. The third kappa shape index (κ3) is 2.59. The molecule has 0 bridgehead atoms. The second-order valence-corrected chi connectivity index (χ2v) is 5.76.